The van der Waals surface area contributed by atoms with Gasteiger partial charge in [0.15, 0.2) is 0 Å². The van der Waals surface area contributed by atoms with Crippen LogP contribution >= 0.6 is 0 Å². The standard InChI is InChI=1S/C15H21F2N3O/c1-15(9-18)2-3-20(10-15)8-14(21)19-7-11-4-12(16)6-13(17)5-11/h4-6H,2-3,7-10,18H2,1H3,(H,19,21). The molecule has 4 nitrogen and oxygen atoms in total. The van der Waals surface area contributed by atoms with E-state index >= 15 is 0 Å². The van der Waals surface area contributed by atoms with Crippen LogP contribution in [0.1, 0.15) is 18.9 Å². The van der Waals surface area contributed by atoms with Gasteiger partial charge in [-0.05, 0) is 42.6 Å². The number of rotatable bonds is 5. The summed E-state index contributed by atoms with van der Waals surface area (Å²) in [7, 11) is 0. The highest BCUT2D eigenvalue weighted by atomic mass is 19.1. The van der Waals surface area contributed by atoms with E-state index in [1.807, 2.05) is 4.90 Å². The Kier molecular flexibility index (Phi) is 4.90. The minimum Gasteiger partial charge on any atom is -0.351 e. The molecule has 1 atom stereocenters. The molecular formula is C15H21F2N3O. The minimum absolute atomic E-state index is 0.0754. The summed E-state index contributed by atoms with van der Waals surface area (Å²) in [5, 5.41) is 2.68. The van der Waals surface area contributed by atoms with Gasteiger partial charge in [0, 0.05) is 19.2 Å². The Morgan fingerprint density at radius 1 is 1.38 bits per heavy atom. The summed E-state index contributed by atoms with van der Waals surface area (Å²) in [4.78, 5) is 13.9. The Bertz CT molecular complexity index is 503. The van der Waals surface area contributed by atoms with Gasteiger partial charge in [-0.3, -0.25) is 9.69 Å². The number of carbonyl (C=O) groups excluding carboxylic acids is 1. The number of carbonyl (C=O) groups is 1. The second kappa shape index (κ2) is 6.49. The molecule has 1 unspecified atom stereocenters. The van der Waals surface area contributed by atoms with Gasteiger partial charge >= 0.3 is 0 Å². The zero-order chi connectivity index (χ0) is 15.5. The van der Waals surface area contributed by atoms with E-state index < -0.39 is 11.6 Å². The van der Waals surface area contributed by atoms with Crippen molar-refractivity contribution in [3.05, 3.63) is 35.4 Å². The molecule has 1 aliphatic rings. The fourth-order valence-corrected chi connectivity index (χ4v) is 2.60. The van der Waals surface area contributed by atoms with Gasteiger partial charge in [-0.1, -0.05) is 6.92 Å². The first-order valence-electron chi connectivity index (χ1n) is 7.04. The van der Waals surface area contributed by atoms with Crippen molar-refractivity contribution in [3.63, 3.8) is 0 Å². The third-order valence-corrected chi connectivity index (χ3v) is 3.91. The average molecular weight is 297 g/mol. The molecule has 0 saturated carbocycles. The molecule has 1 aromatic carbocycles. The second-order valence-corrected chi connectivity index (χ2v) is 6.03. The molecule has 1 amide bonds. The Morgan fingerprint density at radius 3 is 2.62 bits per heavy atom. The van der Waals surface area contributed by atoms with Crippen LogP contribution in [0.5, 0.6) is 0 Å². The van der Waals surface area contributed by atoms with Crippen LogP contribution in [0.15, 0.2) is 18.2 Å². The SMILES string of the molecule is CC1(CN)CCN(CC(=O)NCc2cc(F)cc(F)c2)C1. The van der Waals surface area contributed by atoms with Crippen LogP contribution in [0.3, 0.4) is 0 Å². The normalized spacial score (nSPS) is 22.5. The number of hydrogen-bond acceptors (Lipinski definition) is 3. The molecule has 0 radical (unpaired) electrons. The van der Waals surface area contributed by atoms with Crippen molar-refractivity contribution in [2.24, 2.45) is 11.1 Å². The molecule has 1 fully saturated rings. The van der Waals surface area contributed by atoms with Gasteiger partial charge < -0.3 is 11.1 Å². The fraction of sp³-hybridized carbons (Fsp3) is 0.533. The molecule has 0 spiro atoms. The zero-order valence-corrected chi connectivity index (χ0v) is 12.2. The van der Waals surface area contributed by atoms with Crippen LogP contribution in [0.2, 0.25) is 0 Å². The predicted molar refractivity (Wildman–Crippen MR) is 76.4 cm³/mol. The van der Waals surface area contributed by atoms with Gasteiger partial charge in [0.2, 0.25) is 5.91 Å². The number of hydrogen-bond donors (Lipinski definition) is 2. The summed E-state index contributed by atoms with van der Waals surface area (Å²) in [6, 6.07) is 3.23. The summed E-state index contributed by atoms with van der Waals surface area (Å²) in [5.74, 6) is -1.43. The number of halogens is 2. The van der Waals surface area contributed by atoms with E-state index in [1.165, 1.54) is 12.1 Å². The summed E-state index contributed by atoms with van der Waals surface area (Å²) in [6.07, 6.45) is 0.978. The Hall–Kier alpha value is -1.53. The molecule has 1 saturated heterocycles. The van der Waals surface area contributed by atoms with Crippen molar-refractivity contribution in [2.45, 2.75) is 19.9 Å². The molecule has 0 bridgehead atoms. The number of amides is 1. The van der Waals surface area contributed by atoms with Gasteiger partial charge in [-0.15, -0.1) is 0 Å². The average Bonchev–Trinajstić information content (AvgIpc) is 2.78. The number of likely N-dealkylation sites (tertiary alicyclic amines) is 1. The first kappa shape index (κ1) is 15.9. The van der Waals surface area contributed by atoms with Crippen LogP contribution in [-0.4, -0.2) is 37.0 Å². The highest BCUT2D eigenvalue weighted by molar-refractivity contribution is 5.78. The lowest BCUT2D eigenvalue weighted by atomic mass is 9.90. The van der Waals surface area contributed by atoms with Crippen molar-refractivity contribution < 1.29 is 13.6 Å². The highest BCUT2D eigenvalue weighted by Crippen LogP contribution is 2.27. The molecule has 0 aromatic heterocycles. The van der Waals surface area contributed by atoms with E-state index in [-0.39, 0.29) is 24.4 Å². The smallest absolute Gasteiger partial charge is 0.234 e. The highest BCUT2D eigenvalue weighted by Gasteiger charge is 2.32. The van der Waals surface area contributed by atoms with Crippen molar-refractivity contribution in [3.8, 4) is 0 Å². The Labute approximate surface area is 123 Å². The predicted octanol–water partition coefficient (Wildman–Crippen LogP) is 1.25. The number of nitrogens with zero attached hydrogens (tertiary/aromatic N) is 1. The van der Waals surface area contributed by atoms with Gasteiger partial charge in [0.05, 0.1) is 6.54 Å². The quantitative estimate of drug-likeness (QED) is 0.860. The lowest BCUT2D eigenvalue weighted by molar-refractivity contribution is -0.122. The molecule has 21 heavy (non-hydrogen) atoms. The van der Waals surface area contributed by atoms with E-state index in [9.17, 15) is 13.6 Å². The lowest BCUT2D eigenvalue weighted by Crippen LogP contribution is -2.38. The molecule has 1 aliphatic heterocycles. The third kappa shape index (κ3) is 4.47. The molecular weight excluding hydrogens is 276 g/mol. The minimum atomic E-state index is -0.641. The molecule has 0 aliphatic carbocycles. The van der Waals surface area contributed by atoms with Crippen molar-refractivity contribution in [1.29, 1.82) is 0 Å². The van der Waals surface area contributed by atoms with E-state index in [0.29, 0.717) is 12.1 Å². The molecule has 1 heterocycles. The van der Waals surface area contributed by atoms with E-state index in [2.05, 4.69) is 12.2 Å². The number of nitrogens with two attached hydrogens (primary N) is 1. The van der Waals surface area contributed by atoms with E-state index in [4.69, 9.17) is 5.73 Å². The van der Waals surface area contributed by atoms with Gasteiger partial charge in [0.1, 0.15) is 11.6 Å². The van der Waals surface area contributed by atoms with Crippen molar-refractivity contribution in [1.82, 2.24) is 10.2 Å². The van der Waals surface area contributed by atoms with Crippen LogP contribution < -0.4 is 11.1 Å². The molecule has 1 aromatic rings. The number of benzene rings is 1. The second-order valence-electron chi connectivity index (χ2n) is 6.03. The maximum absolute atomic E-state index is 13.0. The maximum atomic E-state index is 13.0. The van der Waals surface area contributed by atoms with Gasteiger partial charge in [0.25, 0.3) is 0 Å². The largest absolute Gasteiger partial charge is 0.351 e. The first-order chi connectivity index (χ1) is 9.90. The molecule has 3 N–H and O–H groups in total. The summed E-state index contributed by atoms with van der Waals surface area (Å²) in [5.41, 5.74) is 6.21. The third-order valence-electron chi connectivity index (χ3n) is 3.91. The topological polar surface area (TPSA) is 58.4 Å². The summed E-state index contributed by atoms with van der Waals surface area (Å²) >= 11 is 0. The van der Waals surface area contributed by atoms with Crippen LogP contribution in [0.25, 0.3) is 0 Å². The van der Waals surface area contributed by atoms with Gasteiger partial charge in [-0.25, -0.2) is 8.78 Å². The van der Waals surface area contributed by atoms with Crippen LogP contribution in [0.4, 0.5) is 8.78 Å². The van der Waals surface area contributed by atoms with Crippen molar-refractivity contribution in [2.75, 3.05) is 26.2 Å². The molecule has 2 rings (SSSR count). The number of nitrogens with one attached hydrogen (secondary N) is 1. The maximum Gasteiger partial charge on any atom is 0.234 e. The van der Waals surface area contributed by atoms with E-state index in [1.54, 1.807) is 0 Å². The van der Waals surface area contributed by atoms with Crippen LogP contribution in [0, 0.1) is 17.0 Å². The monoisotopic (exact) mass is 297 g/mol. The van der Waals surface area contributed by atoms with E-state index in [0.717, 1.165) is 25.6 Å². The Balaban J connectivity index is 1.80. The molecule has 6 heteroatoms. The fourth-order valence-electron chi connectivity index (χ4n) is 2.60. The zero-order valence-electron chi connectivity index (χ0n) is 12.2. The Morgan fingerprint density at radius 2 is 2.05 bits per heavy atom. The van der Waals surface area contributed by atoms with Crippen molar-refractivity contribution >= 4 is 5.91 Å². The van der Waals surface area contributed by atoms with Crippen LogP contribution in [-0.2, 0) is 11.3 Å². The first-order valence-corrected chi connectivity index (χ1v) is 7.04. The summed E-state index contributed by atoms with van der Waals surface area (Å²) in [6.45, 7) is 4.76. The van der Waals surface area contributed by atoms with Gasteiger partial charge in [-0.2, -0.15) is 0 Å². The molecule has 116 valence electrons. The summed E-state index contributed by atoms with van der Waals surface area (Å²) < 4.78 is 26.1. The lowest BCUT2D eigenvalue weighted by Gasteiger charge is -2.22.